The van der Waals surface area contributed by atoms with Crippen LogP contribution in [0.4, 0.5) is 0 Å². The van der Waals surface area contributed by atoms with Gasteiger partial charge >= 0.3 is 0 Å². The second-order valence-electron chi connectivity index (χ2n) is 5.43. The molecule has 0 aliphatic carbocycles. The number of nitrogens with zero attached hydrogens (tertiary/aromatic N) is 1. The lowest BCUT2D eigenvalue weighted by Crippen LogP contribution is -2.33. The minimum atomic E-state index is 0.560. The molecule has 1 heterocycles. The predicted molar refractivity (Wildman–Crippen MR) is 75.0 cm³/mol. The van der Waals surface area contributed by atoms with Crippen LogP contribution in [0.3, 0.4) is 0 Å². The Kier molecular flexibility index (Phi) is 4.61. The summed E-state index contributed by atoms with van der Waals surface area (Å²) in [6, 6.07) is 8.41. The minimum absolute atomic E-state index is 0.560. The molecule has 1 aliphatic heterocycles. The van der Waals surface area contributed by atoms with E-state index in [0.29, 0.717) is 11.8 Å². The summed E-state index contributed by atoms with van der Waals surface area (Å²) < 4.78 is 5.70. The summed E-state index contributed by atoms with van der Waals surface area (Å²) >= 11 is 0. The van der Waals surface area contributed by atoms with E-state index >= 15 is 0 Å². The van der Waals surface area contributed by atoms with Crippen molar-refractivity contribution in [1.82, 2.24) is 4.90 Å². The van der Waals surface area contributed by atoms with Gasteiger partial charge < -0.3 is 15.4 Å². The molecule has 100 valence electrons. The summed E-state index contributed by atoms with van der Waals surface area (Å²) in [4.78, 5) is 2.39. The molecule has 0 saturated heterocycles. The summed E-state index contributed by atoms with van der Waals surface area (Å²) in [7, 11) is 2.18. The van der Waals surface area contributed by atoms with E-state index in [2.05, 4.69) is 37.1 Å². The van der Waals surface area contributed by atoms with E-state index < -0.39 is 0 Å². The fourth-order valence-corrected chi connectivity index (χ4v) is 2.66. The highest BCUT2D eigenvalue weighted by Crippen LogP contribution is 2.33. The zero-order valence-electron chi connectivity index (χ0n) is 11.4. The average molecular weight is 248 g/mol. The van der Waals surface area contributed by atoms with Gasteiger partial charge in [-0.05, 0) is 37.6 Å². The monoisotopic (exact) mass is 248 g/mol. The van der Waals surface area contributed by atoms with Crippen molar-refractivity contribution in [2.45, 2.75) is 19.3 Å². The van der Waals surface area contributed by atoms with Gasteiger partial charge in [0.1, 0.15) is 5.75 Å². The van der Waals surface area contributed by atoms with E-state index in [4.69, 9.17) is 10.5 Å². The van der Waals surface area contributed by atoms with Crippen LogP contribution in [0.25, 0.3) is 0 Å². The maximum Gasteiger partial charge on any atom is 0.122 e. The molecule has 2 rings (SSSR count). The number of benzene rings is 1. The van der Waals surface area contributed by atoms with Gasteiger partial charge in [-0.2, -0.15) is 0 Å². The van der Waals surface area contributed by atoms with Crippen molar-refractivity contribution in [2.24, 2.45) is 11.7 Å². The number of nitrogens with two attached hydrogens (primary N) is 1. The molecule has 2 N–H and O–H groups in total. The van der Waals surface area contributed by atoms with Crippen molar-refractivity contribution in [3.8, 4) is 5.75 Å². The van der Waals surface area contributed by atoms with E-state index in [1.165, 1.54) is 5.56 Å². The second-order valence-corrected chi connectivity index (χ2v) is 5.43. The van der Waals surface area contributed by atoms with Gasteiger partial charge in [0.25, 0.3) is 0 Å². The fourth-order valence-electron chi connectivity index (χ4n) is 2.66. The van der Waals surface area contributed by atoms with Gasteiger partial charge in [-0.1, -0.05) is 25.1 Å². The molecule has 0 radical (unpaired) electrons. The van der Waals surface area contributed by atoms with Crippen molar-refractivity contribution in [3.05, 3.63) is 29.8 Å². The Labute approximate surface area is 110 Å². The maximum absolute atomic E-state index is 5.70. The Balaban J connectivity index is 1.98. The van der Waals surface area contributed by atoms with E-state index in [0.717, 1.165) is 38.4 Å². The van der Waals surface area contributed by atoms with Gasteiger partial charge in [-0.3, -0.25) is 0 Å². The standard InChI is InChI=1S/C15H24N2O/c1-12(9-16)10-17(2)11-13-7-8-18-15-6-4-3-5-14(13)15/h3-6,12-13H,7-11,16H2,1-2H3. The first kappa shape index (κ1) is 13.4. The molecule has 0 saturated carbocycles. The Morgan fingerprint density at radius 1 is 1.44 bits per heavy atom. The van der Waals surface area contributed by atoms with Gasteiger partial charge in [0.15, 0.2) is 0 Å². The number of fused-ring (bicyclic) bond motifs is 1. The lowest BCUT2D eigenvalue weighted by molar-refractivity contribution is 0.220. The number of likely N-dealkylation sites (N-methyl/N-ethyl adjacent to an activating group) is 1. The molecule has 0 bridgehead atoms. The third-order valence-electron chi connectivity index (χ3n) is 3.64. The van der Waals surface area contributed by atoms with Crippen molar-refractivity contribution in [1.29, 1.82) is 0 Å². The van der Waals surface area contributed by atoms with Gasteiger partial charge in [-0.15, -0.1) is 0 Å². The molecule has 1 aliphatic rings. The quantitative estimate of drug-likeness (QED) is 0.867. The fraction of sp³-hybridized carbons (Fsp3) is 0.600. The third kappa shape index (κ3) is 3.24. The molecule has 0 spiro atoms. The van der Waals surface area contributed by atoms with Crippen molar-refractivity contribution in [3.63, 3.8) is 0 Å². The van der Waals surface area contributed by atoms with E-state index in [1.807, 2.05) is 6.07 Å². The van der Waals surface area contributed by atoms with Gasteiger partial charge in [0.2, 0.25) is 0 Å². The van der Waals surface area contributed by atoms with Crippen molar-refractivity contribution in [2.75, 3.05) is 33.3 Å². The first-order valence-corrected chi connectivity index (χ1v) is 6.81. The van der Waals surface area contributed by atoms with Crippen LogP contribution in [-0.2, 0) is 0 Å². The molecule has 18 heavy (non-hydrogen) atoms. The van der Waals surface area contributed by atoms with E-state index in [-0.39, 0.29) is 0 Å². The predicted octanol–water partition coefficient (Wildman–Crippen LogP) is 2.08. The summed E-state index contributed by atoms with van der Waals surface area (Å²) in [5, 5.41) is 0. The number of ether oxygens (including phenoxy) is 1. The molecule has 2 unspecified atom stereocenters. The number of rotatable bonds is 5. The molecule has 0 aromatic heterocycles. The first-order valence-electron chi connectivity index (χ1n) is 6.81. The Hall–Kier alpha value is -1.06. The van der Waals surface area contributed by atoms with Gasteiger partial charge in [0, 0.05) is 19.0 Å². The van der Waals surface area contributed by atoms with Crippen LogP contribution in [0, 0.1) is 5.92 Å². The number of hydrogen-bond donors (Lipinski definition) is 1. The van der Waals surface area contributed by atoms with Crippen LogP contribution in [0.15, 0.2) is 24.3 Å². The average Bonchev–Trinajstić information content (AvgIpc) is 2.39. The van der Waals surface area contributed by atoms with Crippen LogP contribution in [0.1, 0.15) is 24.8 Å². The summed E-state index contributed by atoms with van der Waals surface area (Å²) in [6.45, 7) is 5.95. The van der Waals surface area contributed by atoms with Crippen molar-refractivity contribution >= 4 is 0 Å². The van der Waals surface area contributed by atoms with Crippen LogP contribution in [0.2, 0.25) is 0 Å². The summed E-state index contributed by atoms with van der Waals surface area (Å²) in [6.07, 6.45) is 1.11. The lowest BCUT2D eigenvalue weighted by atomic mass is 9.92. The normalized spacial score (nSPS) is 20.3. The zero-order chi connectivity index (χ0) is 13.0. The molecule has 3 heteroatoms. The Morgan fingerprint density at radius 2 is 2.22 bits per heavy atom. The van der Waals surface area contributed by atoms with Crippen LogP contribution >= 0.6 is 0 Å². The zero-order valence-corrected chi connectivity index (χ0v) is 11.4. The summed E-state index contributed by atoms with van der Waals surface area (Å²) in [5.74, 6) is 2.21. The molecule has 1 aromatic rings. The second kappa shape index (κ2) is 6.21. The Morgan fingerprint density at radius 3 is 3.00 bits per heavy atom. The molecule has 1 aromatic carbocycles. The smallest absolute Gasteiger partial charge is 0.122 e. The highest BCUT2D eigenvalue weighted by atomic mass is 16.5. The molecule has 0 amide bonds. The van der Waals surface area contributed by atoms with Crippen LogP contribution in [-0.4, -0.2) is 38.2 Å². The summed E-state index contributed by atoms with van der Waals surface area (Å²) in [5.41, 5.74) is 7.04. The Bertz CT molecular complexity index is 381. The van der Waals surface area contributed by atoms with E-state index in [9.17, 15) is 0 Å². The van der Waals surface area contributed by atoms with Gasteiger partial charge in [-0.25, -0.2) is 0 Å². The highest BCUT2D eigenvalue weighted by molar-refractivity contribution is 5.37. The molecule has 3 nitrogen and oxygen atoms in total. The third-order valence-corrected chi connectivity index (χ3v) is 3.64. The maximum atomic E-state index is 5.70. The largest absolute Gasteiger partial charge is 0.493 e. The SMILES string of the molecule is CC(CN)CN(C)CC1CCOc2ccccc21. The minimum Gasteiger partial charge on any atom is -0.493 e. The topological polar surface area (TPSA) is 38.5 Å². The lowest BCUT2D eigenvalue weighted by Gasteiger charge is -2.30. The molecular formula is C15H24N2O. The number of para-hydroxylation sites is 1. The molecular weight excluding hydrogens is 224 g/mol. The van der Waals surface area contributed by atoms with Gasteiger partial charge in [0.05, 0.1) is 6.61 Å². The van der Waals surface area contributed by atoms with Crippen LogP contribution in [0.5, 0.6) is 5.75 Å². The van der Waals surface area contributed by atoms with E-state index in [1.54, 1.807) is 0 Å². The first-order chi connectivity index (χ1) is 8.70. The molecule has 2 atom stereocenters. The molecule has 0 fully saturated rings. The van der Waals surface area contributed by atoms with Crippen molar-refractivity contribution < 1.29 is 4.74 Å². The van der Waals surface area contributed by atoms with Crippen LogP contribution < -0.4 is 10.5 Å². The number of hydrogen-bond acceptors (Lipinski definition) is 3. The highest BCUT2D eigenvalue weighted by Gasteiger charge is 2.22.